The summed E-state index contributed by atoms with van der Waals surface area (Å²) < 4.78 is 8.80. The predicted octanol–water partition coefficient (Wildman–Crippen LogP) is 15.2. The zero-order valence-corrected chi connectivity index (χ0v) is 31.1. The molecule has 268 valence electrons. The molecule has 2 aromatic heterocycles. The molecule has 0 radical (unpaired) electrons. The normalized spacial score (nSPS) is 11.5. The molecule has 0 atom stereocenters. The van der Waals surface area contributed by atoms with Gasteiger partial charge in [0, 0.05) is 49.7 Å². The van der Waals surface area contributed by atoms with E-state index in [0.29, 0.717) is 0 Å². The molecule has 0 saturated heterocycles. The molecular weight excluding hydrogens is 693 g/mol. The van der Waals surface area contributed by atoms with Crippen molar-refractivity contribution < 1.29 is 4.42 Å². The Morgan fingerprint density at radius 2 is 0.789 bits per heavy atom. The van der Waals surface area contributed by atoms with Gasteiger partial charge in [0.1, 0.15) is 11.2 Å². The lowest BCUT2D eigenvalue weighted by atomic mass is 9.93. The summed E-state index contributed by atoms with van der Waals surface area (Å²) in [6.45, 7) is 0. The maximum Gasteiger partial charge on any atom is 0.143 e. The third-order valence-electron chi connectivity index (χ3n) is 11.2. The van der Waals surface area contributed by atoms with Gasteiger partial charge in [0.15, 0.2) is 0 Å². The second-order valence-corrected chi connectivity index (χ2v) is 14.5. The standard InChI is InChI=1S/C54H36N2O/c1-2-15-39(16-3-1)55(41-35-31-38(32-36-41)43-23-14-24-49-48-22-9-13-28-53(48)57-54(43)49)40-33-29-37(30-34-40)42-17-4-5-18-44(42)45-19-6-10-25-50(45)56-51-26-11-7-20-46(51)47-21-8-12-27-52(47)56/h1-36H. The quantitative estimate of drug-likeness (QED) is 0.163. The molecule has 3 nitrogen and oxygen atoms in total. The number of para-hydroxylation sites is 6. The number of furan rings is 1. The molecule has 0 aliphatic rings. The van der Waals surface area contributed by atoms with E-state index in [9.17, 15) is 0 Å². The van der Waals surface area contributed by atoms with Crippen LogP contribution in [0.4, 0.5) is 17.1 Å². The average Bonchev–Trinajstić information content (AvgIpc) is 3.84. The molecule has 9 aromatic carbocycles. The summed E-state index contributed by atoms with van der Waals surface area (Å²) in [6, 6.07) is 78.0. The summed E-state index contributed by atoms with van der Waals surface area (Å²) in [5, 5.41) is 4.79. The number of nitrogens with zero attached hydrogens (tertiary/aromatic N) is 2. The maximum atomic E-state index is 6.39. The molecule has 0 aliphatic carbocycles. The highest BCUT2D eigenvalue weighted by Gasteiger charge is 2.19. The van der Waals surface area contributed by atoms with Crippen molar-refractivity contribution in [1.82, 2.24) is 4.57 Å². The molecule has 0 amide bonds. The lowest BCUT2D eigenvalue weighted by Crippen LogP contribution is -2.09. The highest BCUT2D eigenvalue weighted by atomic mass is 16.3. The zero-order chi connectivity index (χ0) is 37.7. The van der Waals surface area contributed by atoms with Crippen molar-refractivity contribution in [3.63, 3.8) is 0 Å². The summed E-state index contributed by atoms with van der Waals surface area (Å²) in [6.07, 6.45) is 0. The van der Waals surface area contributed by atoms with E-state index in [2.05, 4.69) is 216 Å². The highest BCUT2D eigenvalue weighted by Crippen LogP contribution is 2.42. The van der Waals surface area contributed by atoms with E-state index in [-0.39, 0.29) is 0 Å². The monoisotopic (exact) mass is 728 g/mol. The molecule has 0 saturated carbocycles. The Balaban J connectivity index is 0.979. The maximum absolute atomic E-state index is 6.39. The minimum absolute atomic E-state index is 0.908. The van der Waals surface area contributed by atoms with Crippen LogP contribution in [0.5, 0.6) is 0 Å². The van der Waals surface area contributed by atoms with E-state index in [4.69, 9.17) is 4.42 Å². The Labute approximate surface area is 330 Å². The minimum atomic E-state index is 0.908. The second-order valence-electron chi connectivity index (χ2n) is 14.5. The SMILES string of the molecule is c1ccc(N(c2ccc(-c3ccccc3-c3ccccc3-n3c4ccccc4c4ccccc43)cc2)c2ccc(-c3cccc4c3oc3ccccc34)cc2)cc1. The Morgan fingerprint density at radius 1 is 0.316 bits per heavy atom. The minimum Gasteiger partial charge on any atom is -0.455 e. The average molecular weight is 729 g/mol. The van der Waals surface area contributed by atoms with Gasteiger partial charge in [0.2, 0.25) is 0 Å². The lowest BCUT2D eigenvalue weighted by molar-refractivity contribution is 0.670. The summed E-state index contributed by atoms with van der Waals surface area (Å²) in [4.78, 5) is 2.32. The van der Waals surface area contributed by atoms with Gasteiger partial charge in [-0.1, -0.05) is 158 Å². The molecule has 3 heteroatoms. The Bertz CT molecular complexity index is 3170. The van der Waals surface area contributed by atoms with Gasteiger partial charge in [-0.3, -0.25) is 0 Å². The summed E-state index contributed by atoms with van der Waals surface area (Å²) in [5.74, 6) is 0. The summed E-state index contributed by atoms with van der Waals surface area (Å²) in [5.41, 5.74) is 15.6. The topological polar surface area (TPSA) is 21.3 Å². The van der Waals surface area contributed by atoms with E-state index in [1.54, 1.807) is 0 Å². The Hall–Kier alpha value is -7.62. The summed E-state index contributed by atoms with van der Waals surface area (Å²) in [7, 11) is 0. The fraction of sp³-hybridized carbons (Fsp3) is 0. The van der Waals surface area contributed by atoms with Crippen LogP contribution in [0.2, 0.25) is 0 Å². The van der Waals surface area contributed by atoms with E-state index < -0.39 is 0 Å². The van der Waals surface area contributed by atoms with Crippen molar-refractivity contribution in [1.29, 1.82) is 0 Å². The zero-order valence-electron chi connectivity index (χ0n) is 31.1. The third kappa shape index (κ3) is 5.51. The molecule has 0 bridgehead atoms. The van der Waals surface area contributed by atoms with E-state index in [0.717, 1.165) is 61.4 Å². The van der Waals surface area contributed by atoms with Crippen LogP contribution >= 0.6 is 0 Å². The molecule has 0 spiro atoms. The van der Waals surface area contributed by atoms with Gasteiger partial charge in [0.05, 0.1) is 16.7 Å². The molecule has 0 unspecified atom stereocenters. The first-order chi connectivity index (χ1) is 28.3. The molecule has 11 aromatic rings. The van der Waals surface area contributed by atoms with Gasteiger partial charge < -0.3 is 13.9 Å². The van der Waals surface area contributed by atoms with Gasteiger partial charge in [-0.2, -0.15) is 0 Å². The van der Waals surface area contributed by atoms with Gasteiger partial charge in [-0.15, -0.1) is 0 Å². The number of anilines is 3. The number of hydrogen-bond acceptors (Lipinski definition) is 2. The molecule has 2 heterocycles. The van der Waals surface area contributed by atoms with Crippen molar-refractivity contribution in [2.45, 2.75) is 0 Å². The number of rotatable bonds is 7. The van der Waals surface area contributed by atoms with Crippen LogP contribution < -0.4 is 4.90 Å². The van der Waals surface area contributed by atoms with Crippen molar-refractivity contribution in [3.8, 4) is 39.1 Å². The van der Waals surface area contributed by atoms with E-state index in [1.807, 2.05) is 12.1 Å². The third-order valence-corrected chi connectivity index (χ3v) is 11.2. The van der Waals surface area contributed by atoms with Crippen LogP contribution in [-0.2, 0) is 0 Å². The van der Waals surface area contributed by atoms with E-state index in [1.165, 1.54) is 38.5 Å². The molecular formula is C54H36N2O. The smallest absolute Gasteiger partial charge is 0.143 e. The largest absolute Gasteiger partial charge is 0.455 e. The second kappa shape index (κ2) is 13.6. The van der Waals surface area contributed by atoms with Crippen LogP contribution in [0.25, 0.3) is 82.8 Å². The molecule has 0 fully saturated rings. The highest BCUT2D eigenvalue weighted by molar-refractivity contribution is 6.11. The number of aromatic nitrogens is 1. The van der Waals surface area contributed by atoms with Crippen LogP contribution in [0.3, 0.4) is 0 Å². The molecule has 0 N–H and O–H groups in total. The number of hydrogen-bond donors (Lipinski definition) is 0. The van der Waals surface area contributed by atoms with Crippen LogP contribution in [0.1, 0.15) is 0 Å². The number of benzene rings is 9. The summed E-state index contributed by atoms with van der Waals surface area (Å²) >= 11 is 0. The van der Waals surface area contributed by atoms with Crippen LogP contribution in [-0.4, -0.2) is 4.57 Å². The van der Waals surface area contributed by atoms with Gasteiger partial charge >= 0.3 is 0 Å². The molecule has 57 heavy (non-hydrogen) atoms. The lowest BCUT2D eigenvalue weighted by Gasteiger charge is -2.26. The first kappa shape index (κ1) is 32.8. The van der Waals surface area contributed by atoms with E-state index >= 15 is 0 Å². The Kier molecular flexibility index (Phi) is 7.82. The van der Waals surface area contributed by atoms with Crippen LogP contribution in [0.15, 0.2) is 223 Å². The van der Waals surface area contributed by atoms with Crippen molar-refractivity contribution in [2.75, 3.05) is 4.90 Å². The van der Waals surface area contributed by atoms with Crippen molar-refractivity contribution in [3.05, 3.63) is 218 Å². The first-order valence-electron chi connectivity index (χ1n) is 19.4. The van der Waals surface area contributed by atoms with Crippen molar-refractivity contribution >= 4 is 60.8 Å². The fourth-order valence-electron chi connectivity index (χ4n) is 8.63. The first-order valence-corrected chi connectivity index (χ1v) is 19.4. The van der Waals surface area contributed by atoms with Crippen LogP contribution in [0, 0.1) is 0 Å². The molecule has 11 rings (SSSR count). The van der Waals surface area contributed by atoms with Gasteiger partial charge in [-0.25, -0.2) is 0 Å². The molecule has 0 aliphatic heterocycles. The van der Waals surface area contributed by atoms with Gasteiger partial charge in [-0.05, 0) is 82.9 Å². The predicted molar refractivity (Wildman–Crippen MR) is 239 cm³/mol. The number of fused-ring (bicyclic) bond motifs is 6. The van der Waals surface area contributed by atoms with Crippen molar-refractivity contribution in [2.24, 2.45) is 0 Å². The Morgan fingerprint density at radius 3 is 1.47 bits per heavy atom. The fourth-order valence-corrected chi connectivity index (χ4v) is 8.63. The van der Waals surface area contributed by atoms with Gasteiger partial charge in [0.25, 0.3) is 0 Å².